The van der Waals surface area contributed by atoms with Crippen LogP contribution in [-0.2, 0) is 0 Å². The fraction of sp³-hybridized carbons (Fsp3) is 0.167. The molecule has 3 aromatic rings. The SMILES string of the molecule is COc1cc(-n2c(N)nc3ccc(C(=O)O)cc3c2=O)cc(OC)c1OC. The lowest BCUT2D eigenvalue weighted by atomic mass is 10.1. The van der Waals surface area contributed by atoms with Gasteiger partial charge in [0.15, 0.2) is 11.5 Å². The predicted molar refractivity (Wildman–Crippen MR) is 98.4 cm³/mol. The van der Waals surface area contributed by atoms with Gasteiger partial charge in [-0.05, 0) is 18.2 Å². The number of nitrogens with zero attached hydrogens (tertiary/aromatic N) is 2. The van der Waals surface area contributed by atoms with Gasteiger partial charge in [0.1, 0.15) is 0 Å². The summed E-state index contributed by atoms with van der Waals surface area (Å²) in [6.07, 6.45) is 0. The van der Waals surface area contributed by atoms with E-state index in [4.69, 9.17) is 25.1 Å². The highest BCUT2D eigenvalue weighted by atomic mass is 16.5. The lowest BCUT2D eigenvalue weighted by Crippen LogP contribution is -2.23. The fourth-order valence-electron chi connectivity index (χ4n) is 2.78. The summed E-state index contributed by atoms with van der Waals surface area (Å²) >= 11 is 0. The number of aromatic carboxylic acids is 1. The molecule has 0 saturated carbocycles. The molecule has 1 aromatic heterocycles. The number of aromatic nitrogens is 2. The van der Waals surface area contributed by atoms with E-state index >= 15 is 0 Å². The predicted octanol–water partition coefficient (Wildman–Crippen LogP) is 1.69. The van der Waals surface area contributed by atoms with Crippen LogP contribution in [0.1, 0.15) is 10.4 Å². The van der Waals surface area contributed by atoms with Crippen LogP contribution in [0.4, 0.5) is 5.95 Å². The van der Waals surface area contributed by atoms with Crippen LogP contribution in [0, 0.1) is 0 Å². The van der Waals surface area contributed by atoms with Gasteiger partial charge in [-0.25, -0.2) is 14.3 Å². The van der Waals surface area contributed by atoms with E-state index in [1.807, 2.05) is 0 Å². The number of carboxylic acids is 1. The molecule has 140 valence electrons. The van der Waals surface area contributed by atoms with Crippen molar-refractivity contribution in [1.82, 2.24) is 9.55 Å². The standard InChI is InChI=1S/C18H17N3O6/c1-25-13-7-10(8-14(26-2)15(13)27-3)21-16(22)11-6-9(17(23)24)4-5-12(11)20-18(21)19/h4-8H,1-3H3,(H2,19,20)(H,23,24). The lowest BCUT2D eigenvalue weighted by molar-refractivity contribution is 0.0697. The van der Waals surface area contributed by atoms with E-state index < -0.39 is 11.5 Å². The number of anilines is 1. The Morgan fingerprint density at radius 3 is 2.22 bits per heavy atom. The van der Waals surface area contributed by atoms with Crippen LogP contribution < -0.4 is 25.5 Å². The Balaban J connectivity index is 2.34. The molecule has 0 aliphatic rings. The number of methoxy groups -OCH3 is 3. The third-order valence-corrected chi connectivity index (χ3v) is 4.05. The Kier molecular flexibility index (Phi) is 4.59. The Labute approximate surface area is 153 Å². The van der Waals surface area contributed by atoms with Gasteiger partial charge in [0.05, 0.1) is 43.5 Å². The van der Waals surface area contributed by atoms with Gasteiger partial charge in [0, 0.05) is 12.1 Å². The quantitative estimate of drug-likeness (QED) is 0.694. The molecule has 9 nitrogen and oxygen atoms in total. The highest BCUT2D eigenvalue weighted by Crippen LogP contribution is 2.39. The Morgan fingerprint density at radius 2 is 1.70 bits per heavy atom. The number of hydrogen-bond donors (Lipinski definition) is 2. The van der Waals surface area contributed by atoms with E-state index in [-0.39, 0.29) is 16.9 Å². The fourth-order valence-corrected chi connectivity index (χ4v) is 2.78. The number of nitrogen functional groups attached to an aromatic ring is 1. The number of benzene rings is 2. The average molecular weight is 371 g/mol. The molecule has 0 fully saturated rings. The van der Waals surface area contributed by atoms with Crippen molar-refractivity contribution in [3.05, 3.63) is 46.2 Å². The lowest BCUT2D eigenvalue weighted by Gasteiger charge is -2.16. The van der Waals surface area contributed by atoms with Crippen molar-refractivity contribution >= 4 is 22.8 Å². The van der Waals surface area contributed by atoms with E-state index in [2.05, 4.69) is 4.98 Å². The molecule has 0 aliphatic heterocycles. The van der Waals surface area contributed by atoms with Gasteiger partial charge < -0.3 is 25.1 Å². The molecule has 9 heteroatoms. The first-order chi connectivity index (χ1) is 12.9. The smallest absolute Gasteiger partial charge is 0.335 e. The Morgan fingerprint density at radius 1 is 1.07 bits per heavy atom. The summed E-state index contributed by atoms with van der Waals surface area (Å²) in [5.41, 5.74) is 6.08. The number of ether oxygens (including phenoxy) is 3. The zero-order chi connectivity index (χ0) is 19.7. The van der Waals surface area contributed by atoms with Crippen molar-refractivity contribution in [3.63, 3.8) is 0 Å². The van der Waals surface area contributed by atoms with Crippen molar-refractivity contribution in [2.75, 3.05) is 27.1 Å². The zero-order valence-corrected chi connectivity index (χ0v) is 14.8. The van der Waals surface area contributed by atoms with Gasteiger partial charge in [0.25, 0.3) is 5.56 Å². The third-order valence-electron chi connectivity index (χ3n) is 4.05. The monoisotopic (exact) mass is 371 g/mol. The molecule has 0 aliphatic carbocycles. The molecule has 0 saturated heterocycles. The van der Waals surface area contributed by atoms with Crippen LogP contribution in [-0.4, -0.2) is 42.0 Å². The summed E-state index contributed by atoms with van der Waals surface area (Å²) in [5.74, 6) is -0.190. The molecule has 0 spiro atoms. The van der Waals surface area contributed by atoms with Crippen LogP contribution in [0.25, 0.3) is 16.6 Å². The van der Waals surface area contributed by atoms with E-state index in [0.717, 1.165) is 4.57 Å². The molecule has 0 bridgehead atoms. The summed E-state index contributed by atoms with van der Waals surface area (Å²) < 4.78 is 17.0. The molecule has 1 heterocycles. The highest BCUT2D eigenvalue weighted by Gasteiger charge is 2.18. The maximum Gasteiger partial charge on any atom is 0.335 e. The molecule has 3 N–H and O–H groups in total. The van der Waals surface area contributed by atoms with Crippen LogP contribution in [0.3, 0.4) is 0 Å². The summed E-state index contributed by atoms with van der Waals surface area (Å²) in [4.78, 5) is 28.4. The first-order valence-corrected chi connectivity index (χ1v) is 7.77. The van der Waals surface area contributed by atoms with E-state index in [0.29, 0.717) is 28.5 Å². The van der Waals surface area contributed by atoms with Gasteiger partial charge in [-0.2, -0.15) is 0 Å². The number of nitrogens with two attached hydrogens (primary N) is 1. The normalized spacial score (nSPS) is 10.6. The van der Waals surface area contributed by atoms with E-state index in [1.165, 1.54) is 39.5 Å². The van der Waals surface area contributed by atoms with Crippen LogP contribution in [0.2, 0.25) is 0 Å². The highest BCUT2D eigenvalue weighted by molar-refractivity contribution is 5.93. The largest absolute Gasteiger partial charge is 0.493 e. The van der Waals surface area contributed by atoms with Crippen molar-refractivity contribution in [2.24, 2.45) is 0 Å². The molecule has 0 radical (unpaired) electrons. The molecule has 3 rings (SSSR count). The second-order valence-electron chi connectivity index (χ2n) is 5.53. The number of carbonyl (C=O) groups is 1. The molecule has 0 atom stereocenters. The summed E-state index contributed by atoms with van der Waals surface area (Å²) in [7, 11) is 4.36. The molecular weight excluding hydrogens is 354 g/mol. The minimum Gasteiger partial charge on any atom is -0.493 e. The molecule has 0 amide bonds. The van der Waals surface area contributed by atoms with Crippen LogP contribution >= 0.6 is 0 Å². The zero-order valence-electron chi connectivity index (χ0n) is 14.8. The Hall–Kier alpha value is -3.75. The topological polar surface area (TPSA) is 126 Å². The van der Waals surface area contributed by atoms with Gasteiger partial charge in [-0.1, -0.05) is 0 Å². The average Bonchev–Trinajstić information content (AvgIpc) is 2.66. The Bertz CT molecular complexity index is 1080. The van der Waals surface area contributed by atoms with Crippen molar-refractivity contribution in [1.29, 1.82) is 0 Å². The van der Waals surface area contributed by atoms with Gasteiger partial charge in [0.2, 0.25) is 11.7 Å². The minimum atomic E-state index is -1.15. The number of fused-ring (bicyclic) bond motifs is 1. The molecule has 2 aromatic carbocycles. The van der Waals surface area contributed by atoms with Crippen LogP contribution in [0.5, 0.6) is 17.2 Å². The van der Waals surface area contributed by atoms with Gasteiger partial charge >= 0.3 is 5.97 Å². The second kappa shape index (κ2) is 6.87. The van der Waals surface area contributed by atoms with Crippen molar-refractivity contribution in [2.45, 2.75) is 0 Å². The summed E-state index contributed by atoms with van der Waals surface area (Å²) in [5, 5.41) is 9.29. The third kappa shape index (κ3) is 2.99. The van der Waals surface area contributed by atoms with E-state index in [9.17, 15) is 9.59 Å². The molecular formula is C18H17N3O6. The minimum absolute atomic E-state index is 0.0254. The van der Waals surface area contributed by atoms with Gasteiger partial charge in [-0.15, -0.1) is 0 Å². The van der Waals surface area contributed by atoms with Crippen molar-refractivity contribution < 1.29 is 24.1 Å². The maximum atomic E-state index is 13.0. The number of hydrogen-bond acceptors (Lipinski definition) is 7. The van der Waals surface area contributed by atoms with Crippen LogP contribution in [0.15, 0.2) is 35.1 Å². The van der Waals surface area contributed by atoms with E-state index in [1.54, 1.807) is 12.1 Å². The summed E-state index contributed by atoms with van der Waals surface area (Å²) in [6.45, 7) is 0. The first kappa shape index (κ1) is 18.1. The number of rotatable bonds is 5. The molecule has 27 heavy (non-hydrogen) atoms. The van der Waals surface area contributed by atoms with Crippen molar-refractivity contribution in [3.8, 4) is 22.9 Å². The van der Waals surface area contributed by atoms with Gasteiger partial charge in [-0.3, -0.25) is 4.79 Å². The maximum absolute atomic E-state index is 13.0. The first-order valence-electron chi connectivity index (χ1n) is 7.77. The summed E-state index contributed by atoms with van der Waals surface area (Å²) in [6, 6.07) is 7.17. The number of carboxylic acid groups (broad SMARTS) is 1. The molecule has 0 unspecified atom stereocenters. The second-order valence-corrected chi connectivity index (χ2v) is 5.53.